The molecule has 0 spiro atoms. The summed E-state index contributed by atoms with van der Waals surface area (Å²) in [6, 6.07) is 4.33. The minimum Gasteiger partial charge on any atom is -0.444 e. The van der Waals surface area contributed by atoms with Gasteiger partial charge in [-0.15, -0.1) is 0 Å². The number of carbonyl (C=O) groups is 1. The van der Waals surface area contributed by atoms with Crippen LogP contribution < -0.4 is 5.32 Å². The van der Waals surface area contributed by atoms with Crippen molar-refractivity contribution in [1.29, 1.82) is 0 Å². The van der Waals surface area contributed by atoms with Crippen molar-refractivity contribution >= 4 is 17.9 Å². The molecule has 1 amide bonds. The highest BCUT2D eigenvalue weighted by Crippen LogP contribution is 2.45. The monoisotopic (exact) mass is 306 g/mol. The lowest BCUT2D eigenvalue weighted by Crippen LogP contribution is -2.32. The number of anilines is 1. The second kappa shape index (κ2) is 5.89. The molecule has 0 aromatic heterocycles. The fraction of sp³-hybridized carbons (Fsp3) is 0.500. The van der Waals surface area contributed by atoms with Crippen LogP contribution in [0.25, 0.3) is 0 Å². The molecule has 118 valence electrons. The lowest BCUT2D eigenvalue weighted by molar-refractivity contribution is 0.0635. The fourth-order valence-corrected chi connectivity index (χ4v) is 2.39. The Hall–Kier alpha value is -2.20. The van der Waals surface area contributed by atoms with Gasteiger partial charge in [0.2, 0.25) is 6.08 Å². The van der Waals surface area contributed by atoms with E-state index >= 15 is 0 Å². The number of nitrogens with one attached hydrogen (secondary N) is 1. The van der Waals surface area contributed by atoms with Gasteiger partial charge in [-0.25, -0.2) is 14.0 Å². The number of amides is 1. The van der Waals surface area contributed by atoms with E-state index in [0.29, 0.717) is 18.4 Å². The van der Waals surface area contributed by atoms with E-state index in [2.05, 4.69) is 10.3 Å². The third-order valence-electron chi connectivity index (χ3n) is 3.58. The number of aliphatic imine (C=N–C) groups is 1. The molecule has 1 saturated carbocycles. The van der Waals surface area contributed by atoms with Gasteiger partial charge in [-0.05, 0) is 57.7 Å². The Morgan fingerprint density at radius 1 is 1.41 bits per heavy atom. The summed E-state index contributed by atoms with van der Waals surface area (Å²) in [7, 11) is 0. The summed E-state index contributed by atoms with van der Waals surface area (Å²) in [6.07, 6.45) is 3.21. The Labute approximate surface area is 128 Å². The van der Waals surface area contributed by atoms with Crippen LogP contribution in [0.15, 0.2) is 23.2 Å². The van der Waals surface area contributed by atoms with Gasteiger partial charge in [-0.2, -0.15) is 4.99 Å². The molecule has 1 aliphatic carbocycles. The average molecular weight is 306 g/mol. The van der Waals surface area contributed by atoms with Crippen molar-refractivity contribution in [3.05, 3.63) is 29.6 Å². The number of rotatable bonds is 3. The van der Waals surface area contributed by atoms with Gasteiger partial charge in [0, 0.05) is 0 Å². The molecule has 1 aromatic rings. The maximum absolute atomic E-state index is 13.9. The number of benzene rings is 1. The molecule has 1 aromatic carbocycles. The standard InChI is InChI=1S/C16H19FN2O3/c1-15(2,3)22-14(21)19-13-9-11(5-6-12(13)17)16(18-10-20)7-4-8-16/h5-6,9H,4,7-8H2,1-3H3,(H,19,21). The van der Waals surface area contributed by atoms with Crippen LogP contribution in [0.2, 0.25) is 0 Å². The lowest BCUT2D eigenvalue weighted by atomic mass is 9.72. The number of isocyanates is 1. The third-order valence-corrected chi connectivity index (χ3v) is 3.58. The zero-order valence-electron chi connectivity index (χ0n) is 12.9. The molecule has 0 atom stereocenters. The van der Waals surface area contributed by atoms with E-state index in [1.54, 1.807) is 32.9 Å². The second-order valence-electron chi connectivity index (χ2n) is 6.41. The summed E-state index contributed by atoms with van der Waals surface area (Å²) in [4.78, 5) is 26.3. The predicted octanol–water partition coefficient (Wildman–Crippen LogP) is 3.89. The molecule has 1 aliphatic rings. The minimum atomic E-state index is -0.731. The summed E-state index contributed by atoms with van der Waals surface area (Å²) in [5, 5.41) is 2.39. The molecule has 0 heterocycles. The van der Waals surface area contributed by atoms with Gasteiger partial charge in [-0.1, -0.05) is 6.07 Å². The van der Waals surface area contributed by atoms with E-state index in [0.717, 1.165) is 6.42 Å². The van der Waals surface area contributed by atoms with Gasteiger partial charge in [0.05, 0.1) is 11.2 Å². The van der Waals surface area contributed by atoms with Crippen LogP contribution in [0.3, 0.4) is 0 Å². The molecule has 1 fully saturated rings. The molecular weight excluding hydrogens is 287 g/mol. The molecule has 0 saturated heterocycles. The van der Waals surface area contributed by atoms with Gasteiger partial charge in [0.25, 0.3) is 0 Å². The molecule has 6 heteroatoms. The Morgan fingerprint density at radius 3 is 2.59 bits per heavy atom. The first-order valence-electron chi connectivity index (χ1n) is 7.15. The third kappa shape index (κ3) is 3.52. The summed E-state index contributed by atoms with van der Waals surface area (Å²) >= 11 is 0. The number of halogens is 1. The summed E-state index contributed by atoms with van der Waals surface area (Å²) < 4.78 is 19.0. The minimum absolute atomic E-state index is 0.0131. The molecular formula is C16H19FN2O3. The van der Waals surface area contributed by atoms with Crippen molar-refractivity contribution in [3.8, 4) is 0 Å². The fourth-order valence-electron chi connectivity index (χ4n) is 2.39. The van der Waals surface area contributed by atoms with Crippen molar-refractivity contribution < 1.29 is 18.7 Å². The van der Waals surface area contributed by atoms with Gasteiger partial charge in [-0.3, -0.25) is 5.32 Å². The van der Waals surface area contributed by atoms with E-state index < -0.39 is 23.1 Å². The van der Waals surface area contributed by atoms with Crippen molar-refractivity contribution in [1.82, 2.24) is 0 Å². The molecule has 0 aliphatic heterocycles. The smallest absolute Gasteiger partial charge is 0.412 e. The molecule has 0 unspecified atom stereocenters. The summed E-state index contributed by atoms with van der Waals surface area (Å²) in [5.41, 5.74) is -0.608. The maximum Gasteiger partial charge on any atom is 0.412 e. The average Bonchev–Trinajstić information content (AvgIpc) is 2.34. The molecule has 0 radical (unpaired) electrons. The highest BCUT2D eigenvalue weighted by Gasteiger charge is 2.39. The van der Waals surface area contributed by atoms with Crippen molar-refractivity contribution in [3.63, 3.8) is 0 Å². The Kier molecular flexibility index (Phi) is 4.33. The van der Waals surface area contributed by atoms with Gasteiger partial charge in [0.1, 0.15) is 11.4 Å². The number of hydrogen-bond donors (Lipinski definition) is 1. The Morgan fingerprint density at radius 2 is 2.09 bits per heavy atom. The summed E-state index contributed by atoms with van der Waals surface area (Å²) in [6.45, 7) is 5.17. The van der Waals surface area contributed by atoms with Gasteiger partial charge < -0.3 is 4.74 Å². The Balaban J connectivity index is 2.24. The second-order valence-corrected chi connectivity index (χ2v) is 6.41. The van der Waals surface area contributed by atoms with Crippen LogP contribution in [0.5, 0.6) is 0 Å². The van der Waals surface area contributed by atoms with Crippen molar-refractivity contribution in [2.24, 2.45) is 4.99 Å². The van der Waals surface area contributed by atoms with Crippen LogP contribution in [0, 0.1) is 5.82 Å². The highest BCUT2D eigenvalue weighted by atomic mass is 19.1. The van der Waals surface area contributed by atoms with Gasteiger partial charge in [0.15, 0.2) is 0 Å². The number of hydrogen-bond acceptors (Lipinski definition) is 4. The lowest BCUT2D eigenvalue weighted by Gasteiger charge is -2.37. The number of ether oxygens (including phenoxy) is 1. The van der Waals surface area contributed by atoms with Crippen LogP contribution in [-0.4, -0.2) is 17.8 Å². The normalized spacial score (nSPS) is 16.2. The van der Waals surface area contributed by atoms with E-state index in [-0.39, 0.29) is 5.69 Å². The highest BCUT2D eigenvalue weighted by molar-refractivity contribution is 5.85. The zero-order chi connectivity index (χ0) is 16.4. The van der Waals surface area contributed by atoms with E-state index in [1.807, 2.05) is 0 Å². The van der Waals surface area contributed by atoms with Crippen LogP contribution in [0.1, 0.15) is 45.6 Å². The first-order chi connectivity index (χ1) is 10.3. The number of nitrogens with zero attached hydrogens (tertiary/aromatic N) is 1. The number of carbonyl (C=O) groups excluding carboxylic acids is 2. The van der Waals surface area contributed by atoms with Crippen LogP contribution in [0.4, 0.5) is 14.9 Å². The molecule has 2 rings (SSSR count). The molecule has 22 heavy (non-hydrogen) atoms. The predicted molar refractivity (Wildman–Crippen MR) is 79.9 cm³/mol. The van der Waals surface area contributed by atoms with Crippen molar-refractivity contribution in [2.45, 2.75) is 51.2 Å². The van der Waals surface area contributed by atoms with Crippen LogP contribution in [-0.2, 0) is 15.1 Å². The zero-order valence-corrected chi connectivity index (χ0v) is 12.9. The largest absolute Gasteiger partial charge is 0.444 e. The molecule has 0 bridgehead atoms. The molecule has 1 N–H and O–H groups in total. The Bertz CT molecular complexity index is 627. The first-order valence-corrected chi connectivity index (χ1v) is 7.15. The maximum atomic E-state index is 13.9. The van der Waals surface area contributed by atoms with Gasteiger partial charge >= 0.3 is 6.09 Å². The van der Waals surface area contributed by atoms with Crippen molar-refractivity contribution in [2.75, 3.05) is 5.32 Å². The van der Waals surface area contributed by atoms with E-state index in [4.69, 9.17) is 4.74 Å². The SMILES string of the molecule is CC(C)(C)OC(=O)Nc1cc(C2(N=C=O)CCC2)ccc1F. The van der Waals surface area contributed by atoms with E-state index in [9.17, 15) is 14.0 Å². The molecule has 5 nitrogen and oxygen atoms in total. The summed E-state index contributed by atoms with van der Waals surface area (Å²) in [5.74, 6) is -0.570. The van der Waals surface area contributed by atoms with E-state index in [1.165, 1.54) is 12.1 Å². The quantitative estimate of drug-likeness (QED) is 0.680. The first kappa shape index (κ1) is 16.2. The van der Waals surface area contributed by atoms with Crippen LogP contribution >= 0.6 is 0 Å². The topological polar surface area (TPSA) is 67.8 Å².